The van der Waals surface area contributed by atoms with Gasteiger partial charge in [0, 0.05) is 25.2 Å². The van der Waals surface area contributed by atoms with Crippen molar-refractivity contribution < 1.29 is 0 Å². The van der Waals surface area contributed by atoms with Gasteiger partial charge in [-0.05, 0) is 19.9 Å². The SMILES string of the molecule is CN1CC2CCC1CN2. The Labute approximate surface area is 56.2 Å². The van der Waals surface area contributed by atoms with Crippen LogP contribution in [0.4, 0.5) is 0 Å². The number of likely N-dealkylation sites (N-methyl/N-ethyl adjacent to an activating group) is 1. The van der Waals surface area contributed by atoms with Gasteiger partial charge in [-0.15, -0.1) is 0 Å². The van der Waals surface area contributed by atoms with Gasteiger partial charge < -0.3 is 10.2 Å². The minimum atomic E-state index is 0.806. The van der Waals surface area contributed by atoms with Crippen molar-refractivity contribution in [2.45, 2.75) is 24.9 Å². The topological polar surface area (TPSA) is 15.3 Å². The number of piperidine rings is 2. The second-order valence-corrected chi connectivity index (χ2v) is 3.28. The lowest BCUT2D eigenvalue weighted by Gasteiger charge is -2.44. The largest absolute Gasteiger partial charge is 0.311 e. The van der Waals surface area contributed by atoms with Crippen molar-refractivity contribution in [2.75, 3.05) is 20.1 Å². The number of hydrogen-bond acceptors (Lipinski definition) is 2. The normalized spacial score (nSPS) is 43.7. The molecular weight excluding hydrogens is 112 g/mol. The van der Waals surface area contributed by atoms with E-state index in [1.165, 1.54) is 25.9 Å². The van der Waals surface area contributed by atoms with E-state index in [1.807, 2.05) is 0 Å². The summed E-state index contributed by atoms with van der Waals surface area (Å²) < 4.78 is 0. The molecule has 3 fully saturated rings. The fraction of sp³-hybridized carbons (Fsp3) is 1.00. The van der Waals surface area contributed by atoms with E-state index in [2.05, 4.69) is 17.3 Å². The molecule has 3 aliphatic heterocycles. The minimum Gasteiger partial charge on any atom is -0.311 e. The van der Waals surface area contributed by atoms with E-state index >= 15 is 0 Å². The highest BCUT2D eigenvalue weighted by atomic mass is 15.2. The van der Waals surface area contributed by atoms with Crippen molar-refractivity contribution in [1.82, 2.24) is 10.2 Å². The van der Waals surface area contributed by atoms with Crippen LogP contribution in [-0.2, 0) is 0 Å². The monoisotopic (exact) mass is 126 g/mol. The summed E-state index contributed by atoms with van der Waals surface area (Å²) in [6, 6.07) is 1.65. The lowest BCUT2D eigenvalue weighted by molar-refractivity contribution is 0.101. The molecule has 0 spiro atoms. The Hall–Kier alpha value is -0.0800. The lowest BCUT2D eigenvalue weighted by Crippen LogP contribution is -2.59. The first-order chi connectivity index (χ1) is 4.36. The first kappa shape index (κ1) is 5.69. The van der Waals surface area contributed by atoms with Crippen molar-refractivity contribution in [2.24, 2.45) is 0 Å². The molecule has 0 radical (unpaired) electrons. The van der Waals surface area contributed by atoms with E-state index in [0.29, 0.717) is 0 Å². The maximum absolute atomic E-state index is 3.51. The average molecular weight is 126 g/mol. The lowest BCUT2D eigenvalue weighted by atomic mass is 9.94. The first-order valence-electron chi connectivity index (χ1n) is 3.80. The van der Waals surface area contributed by atoms with E-state index in [9.17, 15) is 0 Å². The molecule has 9 heavy (non-hydrogen) atoms. The van der Waals surface area contributed by atoms with Gasteiger partial charge in [0.25, 0.3) is 0 Å². The molecule has 0 saturated carbocycles. The third-order valence-corrected chi connectivity index (χ3v) is 2.62. The molecule has 0 aromatic carbocycles. The molecule has 3 rings (SSSR count). The van der Waals surface area contributed by atoms with Crippen LogP contribution in [0.2, 0.25) is 0 Å². The van der Waals surface area contributed by atoms with Crippen molar-refractivity contribution in [3.63, 3.8) is 0 Å². The summed E-state index contributed by atoms with van der Waals surface area (Å²) in [6.07, 6.45) is 2.81. The number of nitrogens with zero attached hydrogens (tertiary/aromatic N) is 1. The first-order valence-corrected chi connectivity index (χ1v) is 3.80. The predicted molar refractivity (Wildman–Crippen MR) is 37.4 cm³/mol. The standard InChI is InChI=1S/C7H14N2/c1-9-5-6-2-3-7(9)4-8-6/h6-8H,2-5H2,1H3. The number of piperazine rings is 1. The van der Waals surface area contributed by atoms with Crippen LogP contribution < -0.4 is 5.32 Å². The van der Waals surface area contributed by atoms with Gasteiger partial charge in [0.05, 0.1) is 0 Å². The quantitative estimate of drug-likeness (QED) is 0.493. The molecular formula is C7H14N2. The van der Waals surface area contributed by atoms with Gasteiger partial charge in [0.1, 0.15) is 0 Å². The Kier molecular flexibility index (Phi) is 1.24. The number of rotatable bonds is 0. The highest BCUT2D eigenvalue weighted by molar-refractivity contribution is 4.90. The number of nitrogens with one attached hydrogen (secondary N) is 1. The molecule has 0 aromatic heterocycles. The van der Waals surface area contributed by atoms with Crippen LogP contribution in [0.15, 0.2) is 0 Å². The van der Waals surface area contributed by atoms with E-state index in [0.717, 1.165) is 12.1 Å². The van der Waals surface area contributed by atoms with Gasteiger partial charge in [-0.3, -0.25) is 0 Å². The summed E-state index contributed by atoms with van der Waals surface area (Å²) in [7, 11) is 2.23. The zero-order valence-electron chi connectivity index (χ0n) is 5.93. The molecule has 3 aliphatic rings. The van der Waals surface area contributed by atoms with Crippen LogP contribution in [0.3, 0.4) is 0 Å². The van der Waals surface area contributed by atoms with Crippen molar-refractivity contribution in [3.8, 4) is 0 Å². The molecule has 2 heteroatoms. The average Bonchev–Trinajstić information content (AvgIpc) is 1.90. The molecule has 52 valence electrons. The van der Waals surface area contributed by atoms with Crippen molar-refractivity contribution in [3.05, 3.63) is 0 Å². The van der Waals surface area contributed by atoms with E-state index in [1.54, 1.807) is 0 Å². The molecule has 3 saturated heterocycles. The van der Waals surface area contributed by atoms with E-state index < -0.39 is 0 Å². The highest BCUT2D eigenvalue weighted by Crippen LogP contribution is 2.19. The van der Waals surface area contributed by atoms with Crippen LogP contribution in [-0.4, -0.2) is 37.1 Å². The molecule has 0 amide bonds. The molecule has 0 aliphatic carbocycles. The van der Waals surface area contributed by atoms with Crippen molar-refractivity contribution in [1.29, 1.82) is 0 Å². The molecule has 2 nitrogen and oxygen atoms in total. The Balaban J connectivity index is 2.06. The van der Waals surface area contributed by atoms with Crippen LogP contribution in [0.5, 0.6) is 0 Å². The minimum absolute atomic E-state index is 0.806. The summed E-state index contributed by atoms with van der Waals surface area (Å²) in [4.78, 5) is 2.48. The van der Waals surface area contributed by atoms with Crippen molar-refractivity contribution >= 4 is 0 Å². The predicted octanol–water partition coefficient (Wildman–Crippen LogP) is 0.0524. The summed E-state index contributed by atoms with van der Waals surface area (Å²) in [5.41, 5.74) is 0. The molecule has 0 aromatic rings. The van der Waals surface area contributed by atoms with Gasteiger partial charge in [0.2, 0.25) is 0 Å². The maximum atomic E-state index is 3.51. The van der Waals surface area contributed by atoms with Gasteiger partial charge in [-0.2, -0.15) is 0 Å². The zero-order valence-corrected chi connectivity index (χ0v) is 5.93. The second-order valence-electron chi connectivity index (χ2n) is 3.28. The van der Waals surface area contributed by atoms with Gasteiger partial charge >= 0.3 is 0 Å². The molecule has 2 atom stereocenters. The number of fused-ring (bicyclic) bond motifs is 3. The molecule has 2 unspecified atom stereocenters. The van der Waals surface area contributed by atoms with E-state index in [4.69, 9.17) is 0 Å². The highest BCUT2D eigenvalue weighted by Gasteiger charge is 2.30. The van der Waals surface area contributed by atoms with Crippen LogP contribution >= 0.6 is 0 Å². The smallest absolute Gasteiger partial charge is 0.0218 e. The Morgan fingerprint density at radius 3 is 2.56 bits per heavy atom. The Morgan fingerprint density at radius 2 is 2.33 bits per heavy atom. The fourth-order valence-corrected chi connectivity index (χ4v) is 1.93. The second kappa shape index (κ2) is 1.96. The summed E-state index contributed by atoms with van der Waals surface area (Å²) in [5, 5.41) is 3.51. The summed E-state index contributed by atoms with van der Waals surface area (Å²) >= 11 is 0. The van der Waals surface area contributed by atoms with Crippen LogP contribution in [0, 0.1) is 0 Å². The molecule has 1 N–H and O–H groups in total. The number of hydrogen-bond donors (Lipinski definition) is 1. The Bertz CT molecular complexity index is 105. The van der Waals surface area contributed by atoms with Gasteiger partial charge in [0.15, 0.2) is 0 Å². The summed E-state index contributed by atoms with van der Waals surface area (Å²) in [6.45, 7) is 2.49. The van der Waals surface area contributed by atoms with Crippen LogP contribution in [0.25, 0.3) is 0 Å². The fourth-order valence-electron chi connectivity index (χ4n) is 1.93. The third kappa shape index (κ3) is 0.864. The maximum Gasteiger partial charge on any atom is 0.0218 e. The Morgan fingerprint density at radius 1 is 1.44 bits per heavy atom. The van der Waals surface area contributed by atoms with Crippen LogP contribution in [0.1, 0.15) is 12.8 Å². The van der Waals surface area contributed by atoms with Gasteiger partial charge in [-0.1, -0.05) is 0 Å². The molecule has 3 heterocycles. The van der Waals surface area contributed by atoms with E-state index in [-0.39, 0.29) is 0 Å². The zero-order chi connectivity index (χ0) is 6.27. The third-order valence-electron chi connectivity index (χ3n) is 2.62. The summed E-state index contributed by atoms with van der Waals surface area (Å²) in [5.74, 6) is 0. The van der Waals surface area contributed by atoms with Gasteiger partial charge in [-0.25, -0.2) is 0 Å². The molecule has 2 bridgehead atoms.